The van der Waals surface area contributed by atoms with E-state index >= 15 is 0 Å². The van der Waals surface area contributed by atoms with Gasteiger partial charge in [0.05, 0.1) is 7.11 Å². The van der Waals surface area contributed by atoms with Crippen molar-refractivity contribution in [1.82, 2.24) is 24.5 Å². The molecule has 0 spiro atoms. The summed E-state index contributed by atoms with van der Waals surface area (Å²) in [5, 5.41) is 0. The van der Waals surface area contributed by atoms with Crippen LogP contribution in [0, 0.1) is 0 Å². The third-order valence-corrected chi connectivity index (χ3v) is 4.88. The molecule has 2 N–H and O–H groups in total. The number of hydrogen-bond donors (Lipinski definition) is 1. The van der Waals surface area contributed by atoms with E-state index in [-0.39, 0.29) is 5.95 Å². The average Bonchev–Trinajstić information content (AvgIpc) is 3.16. The van der Waals surface area contributed by atoms with Crippen LogP contribution in [-0.2, 0) is 6.54 Å². The summed E-state index contributed by atoms with van der Waals surface area (Å²) in [4.78, 5) is 19.4. The van der Waals surface area contributed by atoms with E-state index in [0.717, 1.165) is 44.1 Å². The monoisotopic (exact) mass is 365 g/mol. The Labute approximate surface area is 158 Å². The van der Waals surface area contributed by atoms with Gasteiger partial charge in [0.2, 0.25) is 11.8 Å². The van der Waals surface area contributed by atoms with Gasteiger partial charge in [0.25, 0.3) is 0 Å². The summed E-state index contributed by atoms with van der Waals surface area (Å²) in [6.45, 7) is 2.57. The number of nitrogen functional groups attached to an aromatic ring is 1. The Bertz CT molecular complexity index is 896. The van der Waals surface area contributed by atoms with Crippen LogP contribution in [0.5, 0.6) is 5.88 Å². The van der Waals surface area contributed by atoms with Crippen LogP contribution in [0.4, 0.5) is 11.8 Å². The number of nitrogens with zero attached hydrogens (tertiary/aromatic N) is 6. The lowest BCUT2D eigenvalue weighted by molar-refractivity contribution is 0.397. The van der Waals surface area contributed by atoms with Crippen LogP contribution in [0.1, 0.15) is 30.1 Å². The Hall–Kier alpha value is -3.16. The lowest BCUT2D eigenvalue weighted by atomic mass is 9.97. The normalized spacial score (nSPS) is 17.1. The van der Waals surface area contributed by atoms with Crippen LogP contribution in [0.15, 0.2) is 43.0 Å². The van der Waals surface area contributed by atoms with E-state index in [4.69, 9.17) is 10.5 Å². The molecule has 8 nitrogen and oxygen atoms in total. The van der Waals surface area contributed by atoms with Gasteiger partial charge in [-0.15, -0.1) is 0 Å². The number of ether oxygens (including phenoxy) is 1. The molecule has 4 rings (SSSR count). The van der Waals surface area contributed by atoms with Crippen LogP contribution >= 0.6 is 0 Å². The standard InChI is InChI=1S/C19H23N7O/c1-27-17-11-16(23-19(20)24-17)25-9-2-3-15(13-25)18-22-8-10-26(18)12-14-4-6-21-7-5-14/h4-8,10-11,15H,2-3,9,12-13H2,1H3,(H2,20,23,24)/t15-/m1/s1. The number of piperidine rings is 1. The molecular formula is C19H23N7O. The molecule has 0 aromatic carbocycles. The molecule has 1 atom stereocenters. The van der Waals surface area contributed by atoms with Gasteiger partial charge in [-0.05, 0) is 30.5 Å². The number of rotatable bonds is 5. The maximum atomic E-state index is 5.83. The quantitative estimate of drug-likeness (QED) is 0.740. The SMILES string of the molecule is COc1cc(N2CCC[C@@H](c3nccn3Cc3ccncc3)C2)nc(N)n1. The Morgan fingerprint density at radius 1 is 1.22 bits per heavy atom. The Morgan fingerprint density at radius 2 is 2.07 bits per heavy atom. The first kappa shape index (κ1) is 17.3. The summed E-state index contributed by atoms with van der Waals surface area (Å²) in [6, 6.07) is 5.90. The molecular weight excluding hydrogens is 342 g/mol. The predicted molar refractivity (Wildman–Crippen MR) is 103 cm³/mol. The molecule has 8 heteroatoms. The maximum absolute atomic E-state index is 5.83. The van der Waals surface area contributed by atoms with Crippen molar-refractivity contribution in [2.24, 2.45) is 0 Å². The number of aromatic nitrogens is 5. The third kappa shape index (κ3) is 3.84. The van der Waals surface area contributed by atoms with Gasteiger partial charge in [0.1, 0.15) is 11.6 Å². The topological polar surface area (TPSA) is 95.0 Å². The average molecular weight is 365 g/mol. The van der Waals surface area contributed by atoms with Crippen molar-refractivity contribution >= 4 is 11.8 Å². The van der Waals surface area contributed by atoms with Crippen LogP contribution < -0.4 is 15.4 Å². The highest BCUT2D eigenvalue weighted by molar-refractivity contribution is 5.46. The van der Waals surface area contributed by atoms with Crippen molar-refractivity contribution in [2.45, 2.75) is 25.3 Å². The molecule has 0 amide bonds. The molecule has 3 aromatic heterocycles. The summed E-state index contributed by atoms with van der Waals surface area (Å²) in [5.74, 6) is 2.95. The van der Waals surface area contributed by atoms with Crippen molar-refractivity contribution in [3.63, 3.8) is 0 Å². The lowest BCUT2D eigenvalue weighted by Gasteiger charge is -2.33. The molecule has 3 aromatic rings. The van der Waals surface area contributed by atoms with E-state index in [2.05, 4.69) is 29.4 Å². The van der Waals surface area contributed by atoms with Crippen molar-refractivity contribution in [3.8, 4) is 5.88 Å². The van der Waals surface area contributed by atoms with E-state index in [1.807, 2.05) is 43.0 Å². The molecule has 0 bridgehead atoms. The number of nitrogens with two attached hydrogens (primary N) is 1. The molecule has 0 radical (unpaired) electrons. The van der Waals surface area contributed by atoms with Crippen molar-refractivity contribution in [3.05, 3.63) is 54.4 Å². The van der Waals surface area contributed by atoms with Crippen LogP contribution in [0.25, 0.3) is 0 Å². The fraction of sp³-hybridized carbons (Fsp3) is 0.368. The number of hydrogen-bond acceptors (Lipinski definition) is 7. The second-order valence-electron chi connectivity index (χ2n) is 6.68. The van der Waals surface area contributed by atoms with E-state index in [9.17, 15) is 0 Å². The number of methoxy groups -OCH3 is 1. The number of anilines is 2. The first-order valence-electron chi connectivity index (χ1n) is 9.06. The Kier molecular flexibility index (Phi) is 4.86. The van der Waals surface area contributed by atoms with Gasteiger partial charge in [0, 0.05) is 56.4 Å². The fourth-order valence-electron chi connectivity index (χ4n) is 3.59. The second-order valence-corrected chi connectivity index (χ2v) is 6.68. The minimum Gasteiger partial charge on any atom is -0.481 e. The fourth-order valence-corrected chi connectivity index (χ4v) is 3.59. The number of pyridine rings is 1. The highest BCUT2D eigenvalue weighted by Gasteiger charge is 2.26. The van der Waals surface area contributed by atoms with Crippen molar-refractivity contribution < 1.29 is 4.74 Å². The molecule has 0 aliphatic carbocycles. The zero-order valence-corrected chi connectivity index (χ0v) is 15.3. The molecule has 1 saturated heterocycles. The Morgan fingerprint density at radius 3 is 2.89 bits per heavy atom. The van der Waals surface area contributed by atoms with Crippen LogP contribution in [0.3, 0.4) is 0 Å². The zero-order valence-electron chi connectivity index (χ0n) is 15.3. The number of imidazole rings is 1. The van der Waals surface area contributed by atoms with Gasteiger partial charge < -0.3 is 19.9 Å². The predicted octanol–water partition coefficient (Wildman–Crippen LogP) is 2.09. The molecule has 0 saturated carbocycles. The zero-order chi connectivity index (χ0) is 18.6. The minimum atomic E-state index is 0.227. The van der Waals surface area contributed by atoms with Crippen molar-refractivity contribution in [1.29, 1.82) is 0 Å². The summed E-state index contributed by atoms with van der Waals surface area (Å²) in [5.41, 5.74) is 7.04. The summed E-state index contributed by atoms with van der Waals surface area (Å²) in [6.07, 6.45) is 9.73. The highest BCUT2D eigenvalue weighted by atomic mass is 16.5. The van der Waals surface area contributed by atoms with E-state index in [0.29, 0.717) is 11.8 Å². The second kappa shape index (κ2) is 7.61. The molecule has 27 heavy (non-hydrogen) atoms. The van der Waals surface area contributed by atoms with Gasteiger partial charge >= 0.3 is 0 Å². The smallest absolute Gasteiger partial charge is 0.225 e. The highest BCUT2D eigenvalue weighted by Crippen LogP contribution is 2.30. The molecule has 1 aliphatic rings. The summed E-state index contributed by atoms with van der Waals surface area (Å²) < 4.78 is 7.45. The first-order valence-corrected chi connectivity index (χ1v) is 9.06. The van der Waals surface area contributed by atoms with Gasteiger partial charge in [-0.2, -0.15) is 9.97 Å². The van der Waals surface area contributed by atoms with E-state index in [1.165, 1.54) is 5.56 Å². The van der Waals surface area contributed by atoms with Gasteiger partial charge in [-0.1, -0.05) is 0 Å². The largest absolute Gasteiger partial charge is 0.481 e. The lowest BCUT2D eigenvalue weighted by Crippen LogP contribution is -2.36. The molecule has 140 valence electrons. The summed E-state index contributed by atoms with van der Waals surface area (Å²) in [7, 11) is 1.58. The molecule has 0 unspecified atom stereocenters. The first-order chi connectivity index (χ1) is 13.2. The van der Waals surface area contributed by atoms with Gasteiger partial charge in [0.15, 0.2) is 0 Å². The summed E-state index contributed by atoms with van der Waals surface area (Å²) >= 11 is 0. The molecule has 4 heterocycles. The molecule has 1 aliphatic heterocycles. The minimum absolute atomic E-state index is 0.227. The van der Waals surface area contributed by atoms with Crippen LogP contribution in [0.2, 0.25) is 0 Å². The van der Waals surface area contributed by atoms with E-state index in [1.54, 1.807) is 7.11 Å². The van der Waals surface area contributed by atoms with Gasteiger partial charge in [-0.25, -0.2) is 4.98 Å². The van der Waals surface area contributed by atoms with E-state index < -0.39 is 0 Å². The van der Waals surface area contributed by atoms with Gasteiger partial charge in [-0.3, -0.25) is 4.98 Å². The van der Waals surface area contributed by atoms with Crippen molar-refractivity contribution in [2.75, 3.05) is 30.8 Å². The molecule has 1 fully saturated rings. The Balaban J connectivity index is 1.54. The maximum Gasteiger partial charge on any atom is 0.225 e. The third-order valence-electron chi connectivity index (χ3n) is 4.88. The van der Waals surface area contributed by atoms with Crippen LogP contribution in [-0.4, -0.2) is 44.7 Å².